The highest BCUT2D eigenvalue weighted by molar-refractivity contribution is 9.10. The van der Waals surface area contributed by atoms with Gasteiger partial charge in [-0.05, 0) is 36.8 Å². The maximum absolute atomic E-state index is 4.45. The van der Waals surface area contributed by atoms with Crippen LogP contribution in [0.25, 0.3) is 0 Å². The fourth-order valence-corrected chi connectivity index (χ4v) is 2.39. The van der Waals surface area contributed by atoms with Crippen molar-refractivity contribution >= 4 is 33.4 Å². The number of halogens is 1. The molecule has 0 amide bonds. The average Bonchev–Trinajstić information content (AvgIpc) is 2.58. The Bertz CT molecular complexity index is 761. The summed E-state index contributed by atoms with van der Waals surface area (Å²) in [6, 6.07) is 18.1. The molecule has 0 spiro atoms. The zero-order valence-corrected chi connectivity index (χ0v) is 14.2. The Labute approximate surface area is 143 Å². The zero-order chi connectivity index (χ0) is 16.1. The Morgan fingerprint density at radius 1 is 1.00 bits per heavy atom. The van der Waals surface area contributed by atoms with Crippen molar-refractivity contribution in [3.05, 3.63) is 70.8 Å². The van der Waals surface area contributed by atoms with Gasteiger partial charge in [-0.15, -0.1) is 5.10 Å². The molecular formula is C17H16BrN5. The molecule has 5 nitrogen and oxygen atoms in total. The molecule has 116 valence electrons. The molecule has 2 N–H and O–H groups in total. The van der Waals surface area contributed by atoms with Crippen molar-refractivity contribution in [2.45, 2.75) is 13.0 Å². The molecule has 0 aliphatic rings. The highest BCUT2D eigenvalue weighted by Gasteiger charge is 2.07. The van der Waals surface area contributed by atoms with Crippen molar-refractivity contribution in [1.82, 2.24) is 15.2 Å². The van der Waals surface area contributed by atoms with Gasteiger partial charge in [0.1, 0.15) is 0 Å². The van der Waals surface area contributed by atoms with E-state index in [9.17, 15) is 0 Å². The Kier molecular flexibility index (Phi) is 4.83. The summed E-state index contributed by atoms with van der Waals surface area (Å²) >= 11 is 3.42. The molecule has 3 rings (SSSR count). The lowest BCUT2D eigenvalue weighted by Gasteiger charge is -2.14. The van der Waals surface area contributed by atoms with Crippen LogP contribution >= 0.6 is 15.9 Å². The molecule has 1 unspecified atom stereocenters. The first-order chi connectivity index (χ1) is 11.2. The summed E-state index contributed by atoms with van der Waals surface area (Å²) in [6.07, 6.45) is 1.60. The molecule has 0 fully saturated rings. The lowest BCUT2D eigenvalue weighted by molar-refractivity contribution is 0.841. The molecule has 0 aliphatic carbocycles. The van der Waals surface area contributed by atoms with E-state index in [0.717, 1.165) is 10.2 Å². The van der Waals surface area contributed by atoms with Crippen LogP contribution in [-0.2, 0) is 0 Å². The van der Waals surface area contributed by atoms with Gasteiger partial charge in [0.05, 0.1) is 12.2 Å². The van der Waals surface area contributed by atoms with Gasteiger partial charge in [-0.25, -0.2) is 0 Å². The molecule has 1 heterocycles. The first kappa shape index (κ1) is 15.4. The van der Waals surface area contributed by atoms with E-state index in [1.807, 2.05) is 42.5 Å². The average molecular weight is 370 g/mol. The summed E-state index contributed by atoms with van der Waals surface area (Å²) in [5.41, 5.74) is 2.11. The smallest absolute Gasteiger partial charge is 0.245 e. The Morgan fingerprint density at radius 2 is 1.74 bits per heavy atom. The minimum absolute atomic E-state index is 0.0981. The maximum Gasteiger partial charge on any atom is 0.245 e. The summed E-state index contributed by atoms with van der Waals surface area (Å²) in [6.45, 7) is 2.06. The highest BCUT2D eigenvalue weighted by Crippen LogP contribution is 2.19. The molecule has 1 aromatic heterocycles. The van der Waals surface area contributed by atoms with Crippen LogP contribution in [0.4, 0.5) is 17.5 Å². The van der Waals surface area contributed by atoms with E-state index in [-0.39, 0.29) is 6.04 Å². The quantitative estimate of drug-likeness (QED) is 0.690. The first-order valence-electron chi connectivity index (χ1n) is 7.24. The minimum atomic E-state index is 0.0981. The van der Waals surface area contributed by atoms with Crippen molar-refractivity contribution < 1.29 is 0 Å². The summed E-state index contributed by atoms with van der Waals surface area (Å²) < 4.78 is 1.03. The number of hydrogen-bond acceptors (Lipinski definition) is 5. The SMILES string of the molecule is CC(Nc1nncc(Nc2ccc(Br)cc2)n1)c1ccccc1. The molecule has 0 saturated heterocycles. The summed E-state index contributed by atoms with van der Waals surface area (Å²) in [7, 11) is 0. The molecule has 0 saturated carbocycles. The zero-order valence-electron chi connectivity index (χ0n) is 12.6. The molecule has 0 aliphatic heterocycles. The highest BCUT2D eigenvalue weighted by atomic mass is 79.9. The number of aromatic nitrogens is 3. The summed E-state index contributed by atoms with van der Waals surface area (Å²) in [4.78, 5) is 4.45. The van der Waals surface area contributed by atoms with Gasteiger partial charge in [-0.1, -0.05) is 46.3 Å². The molecular weight excluding hydrogens is 354 g/mol. The van der Waals surface area contributed by atoms with Gasteiger partial charge in [0, 0.05) is 10.2 Å². The lowest BCUT2D eigenvalue weighted by Crippen LogP contribution is -2.10. The molecule has 23 heavy (non-hydrogen) atoms. The number of hydrogen-bond donors (Lipinski definition) is 2. The number of benzene rings is 2. The van der Waals surface area contributed by atoms with Crippen LogP contribution in [0.3, 0.4) is 0 Å². The van der Waals surface area contributed by atoms with Gasteiger partial charge in [0.25, 0.3) is 0 Å². The monoisotopic (exact) mass is 369 g/mol. The fourth-order valence-electron chi connectivity index (χ4n) is 2.12. The lowest BCUT2D eigenvalue weighted by atomic mass is 10.1. The van der Waals surface area contributed by atoms with Crippen molar-refractivity contribution in [1.29, 1.82) is 0 Å². The van der Waals surface area contributed by atoms with Crippen molar-refractivity contribution in [3.63, 3.8) is 0 Å². The Hall–Kier alpha value is -2.47. The first-order valence-corrected chi connectivity index (χ1v) is 8.04. The normalized spacial score (nSPS) is 11.7. The van der Waals surface area contributed by atoms with Gasteiger partial charge in [-0.3, -0.25) is 0 Å². The molecule has 0 radical (unpaired) electrons. The number of nitrogens with one attached hydrogen (secondary N) is 2. The third-order valence-electron chi connectivity index (χ3n) is 3.32. The van der Waals surface area contributed by atoms with Gasteiger partial charge >= 0.3 is 0 Å². The third-order valence-corrected chi connectivity index (χ3v) is 3.85. The predicted molar refractivity (Wildman–Crippen MR) is 95.7 cm³/mol. The molecule has 3 aromatic rings. The van der Waals surface area contributed by atoms with E-state index in [2.05, 4.69) is 60.8 Å². The van der Waals surface area contributed by atoms with Crippen LogP contribution in [0.5, 0.6) is 0 Å². The second-order valence-corrected chi connectivity index (χ2v) is 5.99. The van der Waals surface area contributed by atoms with Crippen LogP contribution in [0.2, 0.25) is 0 Å². The van der Waals surface area contributed by atoms with Gasteiger partial charge in [-0.2, -0.15) is 10.1 Å². The molecule has 2 aromatic carbocycles. The van der Waals surface area contributed by atoms with Gasteiger partial charge in [0.2, 0.25) is 5.95 Å². The van der Waals surface area contributed by atoms with Crippen LogP contribution in [0.15, 0.2) is 65.3 Å². The largest absolute Gasteiger partial charge is 0.346 e. The number of rotatable bonds is 5. The maximum atomic E-state index is 4.45. The topological polar surface area (TPSA) is 62.7 Å². The molecule has 1 atom stereocenters. The number of nitrogens with zero attached hydrogens (tertiary/aromatic N) is 3. The van der Waals surface area contributed by atoms with E-state index in [4.69, 9.17) is 0 Å². The van der Waals surface area contributed by atoms with E-state index in [1.165, 1.54) is 5.56 Å². The number of anilines is 3. The summed E-state index contributed by atoms with van der Waals surface area (Å²) in [5, 5.41) is 14.5. The van der Waals surface area contributed by atoms with Crippen LogP contribution in [0.1, 0.15) is 18.5 Å². The van der Waals surface area contributed by atoms with Crippen molar-refractivity contribution in [3.8, 4) is 0 Å². The Morgan fingerprint density at radius 3 is 2.48 bits per heavy atom. The van der Waals surface area contributed by atoms with E-state index in [1.54, 1.807) is 6.20 Å². The minimum Gasteiger partial charge on any atom is -0.346 e. The summed E-state index contributed by atoms with van der Waals surface area (Å²) in [5.74, 6) is 1.13. The van der Waals surface area contributed by atoms with E-state index >= 15 is 0 Å². The molecule has 0 bridgehead atoms. The second kappa shape index (κ2) is 7.19. The molecule has 6 heteroatoms. The Balaban J connectivity index is 1.71. The van der Waals surface area contributed by atoms with Crippen LogP contribution < -0.4 is 10.6 Å². The van der Waals surface area contributed by atoms with Crippen LogP contribution in [-0.4, -0.2) is 15.2 Å². The standard InChI is InChI=1S/C17H16BrN5/c1-12(13-5-3-2-4-6-13)20-17-22-16(11-19-23-17)21-15-9-7-14(18)8-10-15/h2-12H,1H3,(H2,20,21,22,23). The van der Waals surface area contributed by atoms with Crippen molar-refractivity contribution in [2.75, 3.05) is 10.6 Å². The van der Waals surface area contributed by atoms with Gasteiger partial charge < -0.3 is 10.6 Å². The van der Waals surface area contributed by atoms with E-state index < -0.39 is 0 Å². The predicted octanol–water partition coefficient (Wildman–Crippen LogP) is 4.55. The van der Waals surface area contributed by atoms with Crippen LogP contribution in [0, 0.1) is 0 Å². The van der Waals surface area contributed by atoms with Crippen molar-refractivity contribution in [2.24, 2.45) is 0 Å². The van der Waals surface area contributed by atoms with E-state index in [0.29, 0.717) is 11.8 Å². The third kappa shape index (κ3) is 4.26. The fraction of sp³-hybridized carbons (Fsp3) is 0.118. The van der Waals surface area contributed by atoms with Gasteiger partial charge in [0.15, 0.2) is 5.82 Å². The second-order valence-electron chi connectivity index (χ2n) is 5.07.